The molecule has 1 unspecified atom stereocenters. The van der Waals surface area contributed by atoms with Gasteiger partial charge >= 0.3 is 14.4 Å². The Kier molecular flexibility index (Phi) is 8.33. The van der Waals surface area contributed by atoms with Crippen molar-refractivity contribution in [1.82, 2.24) is 0 Å². The molecule has 0 aromatic heterocycles. The zero-order valence-electron chi connectivity index (χ0n) is 21.1. The van der Waals surface area contributed by atoms with E-state index in [2.05, 4.69) is 13.5 Å². The van der Waals surface area contributed by atoms with Crippen LogP contribution in [0, 0.1) is 0 Å². The third-order valence-corrected chi connectivity index (χ3v) is 13.8. The van der Waals surface area contributed by atoms with Crippen LogP contribution in [-0.4, -0.2) is 17.3 Å². The average molecular weight is 608 g/mol. The minimum absolute atomic E-state index is 0.116. The quantitative estimate of drug-likeness (QED) is 0.183. The molecule has 1 heterocycles. The van der Waals surface area contributed by atoms with Gasteiger partial charge in [0, 0.05) is 16.7 Å². The molecular formula is C24H25ClN5O6P3. The molecular weight excluding hydrogens is 583 g/mol. The minimum Gasteiger partial charge on any atom is -0.431 e. The van der Waals surface area contributed by atoms with Crippen LogP contribution in [0.2, 0.25) is 0 Å². The van der Waals surface area contributed by atoms with Crippen LogP contribution in [0.25, 0.3) is 0 Å². The molecule has 0 bridgehead atoms. The summed E-state index contributed by atoms with van der Waals surface area (Å²) in [4.78, 5) is 35.1. The number of hydrogen-bond acceptors (Lipinski definition) is 11. The summed E-state index contributed by atoms with van der Waals surface area (Å²) in [6, 6.07) is 18.8. The molecule has 3 aromatic rings. The van der Waals surface area contributed by atoms with Gasteiger partial charge in [-0.3, -0.25) is 25.4 Å². The highest BCUT2D eigenvalue weighted by Gasteiger charge is 2.40. The summed E-state index contributed by atoms with van der Waals surface area (Å²) >= 11 is 6.82. The summed E-state index contributed by atoms with van der Waals surface area (Å²) in [7, 11) is -7.27. The third kappa shape index (κ3) is 7.34. The van der Waals surface area contributed by atoms with Crippen LogP contribution < -0.4 is 24.6 Å². The molecule has 0 fully saturated rings. The summed E-state index contributed by atoms with van der Waals surface area (Å²) < 4.78 is 31.5. The van der Waals surface area contributed by atoms with Gasteiger partial charge in [-0.2, -0.15) is 4.52 Å². The summed E-state index contributed by atoms with van der Waals surface area (Å²) in [6.07, 6.45) is 0. The van der Waals surface area contributed by atoms with Crippen molar-refractivity contribution < 1.29 is 28.0 Å². The zero-order valence-corrected chi connectivity index (χ0v) is 24.5. The fraction of sp³-hybridized carbons (Fsp3) is 0.125. The number of rotatable bonds is 9. The van der Waals surface area contributed by atoms with Crippen molar-refractivity contribution in [2.45, 2.75) is 20.8 Å². The van der Waals surface area contributed by atoms with Crippen molar-refractivity contribution >= 4 is 50.5 Å². The van der Waals surface area contributed by atoms with Crippen LogP contribution in [0.1, 0.15) is 51.8 Å². The van der Waals surface area contributed by atoms with Crippen molar-refractivity contribution in [2.24, 2.45) is 24.6 Å². The van der Waals surface area contributed by atoms with E-state index in [-0.39, 0.29) is 34.6 Å². The molecule has 1 atom stereocenters. The summed E-state index contributed by atoms with van der Waals surface area (Å²) in [5.74, 6) is 0.432. The molecule has 0 radical (unpaired) electrons. The van der Waals surface area contributed by atoms with E-state index in [1.165, 1.54) is 20.8 Å². The predicted octanol–water partition coefficient (Wildman–Crippen LogP) is 7.84. The van der Waals surface area contributed by atoms with Gasteiger partial charge in [0.2, 0.25) is 7.51 Å². The van der Waals surface area contributed by atoms with Gasteiger partial charge in [0.25, 0.3) is 0 Å². The lowest BCUT2D eigenvalue weighted by Gasteiger charge is -2.29. The van der Waals surface area contributed by atoms with Gasteiger partial charge in [0.1, 0.15) is 17.2 Å². The second kappa shape index (κ2) is 11.2. The number of carbonyl (C=O) groups excluding carboxylic acids is 3. The number of nitrogens with zero attached hydrogens (tertiary/aromatic N) is 3. The highest BCUT2D eigenvalue weighted by Crippen LogP contribution is 2.76. The monoisotopic (exact) mass is 607 g/mol. The Morgan fingerprint density at radius 2 is 0.923 bits per heavy atom. The topological polar surface area (TPSA) is 168 Å². The molecule has 1 aliphatic heterocycles. The van der Waals surface area contributed by atoms with Gasteiger partial charge in [0.05, 0.1) is 0 Å². The molecule has 4 rings (SSSR count). The highest BCUT2D eigenvalue weighted by molar-refractivity contribution is 7.94. The van der Waals surface area contributed by atoms with Crippen LogP contribution in [0.4, 0.5) is 0 Å². The molecule has 15 heteroatoms. The summed E-state index contributed by atoms with van der Waals surface area (Å²) in [6.45, 7) is 0.676. The maximum Gasteiger partial charge on any atom is 0.455 e. The lowest BCUT2D eigenvalue weighted by molar-refractivity contribution is 0.100. The maximum absolute atomic E-state index is 11.7. The lowest BCUT2D eigenvalue weighted by Crippen LogP contribution is -2.09. The van der Waals surface area contributed by atoms with Gasteiger partial charge in [-0.15, -0.1) is 9.03 Å². The second-order valence-corrected chi connectivity index (χ2v) is 15.8. The van der Waals surface area contributed by atoms with E-state index in [4.69, 9.17) is 35.8 Å². The Morgan fingerprint density at radius 1 is 0.590 bits per heavy atom. The third-order valence-electron chi connectivity index (χ3n) is 5.19. The Bertz CT molecular complexity index is 1550. The maximum atomic E-state index is 11.7. The Morgan fingerprint density at radius 3 is 1.26 bits per heavy atom. The van der Waals surface area contributed by atoms with Crippen molar-refractivity contribution in [3.05, 3.63) is 89.5 Å². The molecule has 0 spiro atoms. The fourth-order valence-corrected chi connectivity index (χ4v) is 12.8. The van der Waals surface area contributed by atoms with Crippen molar-refractivity contribution in [3.63, 3.8) is 0 Å². The van der Waals surface area contributed by atoms with E-state index in [0.717, 1.165) is 0 Å². The van der Waals surface area contributed by atoms with Crippen molar-refractivity contribution in [3.8, 4) is 17.2 Å². The zero-order chi connectivity index (χ0) is 28.4. The first-order chi connectivity index (χ1) is 18.3. The number of carbonyl (C=O) groups is 3. The molecule has 11 nitrogen and oxygen atoms in total. The molecule has 39 heavy (non-hydrogen) atoms. The average Bonchev–Trinajstić information content (AvgIpc) is 2.83. The van der Waals surface area contributed by atoms with Crippen LogP contribution >= 0.6 is 33.2 Å². The summed E-state index contributed by atoms with van der Waals surface area (Å²) in [5, 5.41) is 0. The number of ketones is 3. The van der Waals surface area contributed by atoms with E-state index < -0.39 is 22.0 Å². The number of Topliss-reactive ketones (excluding diaryl/α,β-unsaturated/α-hetero) is 3. The molecule has 4 N–H and O–H groups in total. The first-order valence-electron chi connectivity index (χ1n) is 11.4. The van der Waals surface area contributed by atoms with Crippen LogP contribution in [-0.2, 0) is 0 Å². The van der Waals surface area contributed by atoms with E-state index in [9.17, 15) is 14.4 Å². The Hall–Kier alpha value is -3.03. The van der Waals surface area contributed by atoms with Gasteiger partial charge in [-0.1, -0.05) is 0 Å². The highest BCUT2D eigenvalue weighted by atomic mass is 35.7. The molecule has 0 saturated carbocycles. The predicted molar refractivity (Wildman–Crippen MR) is 153 cm³/mol. The van der Waals surface area contributed by atoms with Crippen LogP contribution in [0.3, 0.4) is 0 Å². The second-order valence-electron chi connectivity index (χ2n) is 8.45. The molecule has 0 amide bonds. The first-order valence-corrected chi connectivity index (χ1v) is 17.3. The number of nitrogens with two attached hydrogens (primary N) is 2. The van der Waals surface area contributed by atoms with Crippen molar-refractivity contribution in [1.29, 1.82) is 0 Å². The largest absolute Gasteiger partial charge is 0.455 e. The molecule has 1 aliphatic rings. The standard InChI is InChI=1S/C24H25ClN5O6P3/c1-16(31)19-4-10-22(11-5-19)34-37(25)28-38(26,27)30-39(29-37,35-23-12-6-20(7-13-23)17(2)32)36-24-14-8-21(9-15-24)18(3)33/h4-15H,26-27H2,1-3H3. The van der Waals surface area contributed by atoms with Crippen molar-refractivity contribution in [2.75, 3.05) is 0 Å². The van der Waals surface area contributed by atoms with Gasteiger partial charge in [0.15, 0.2) is 17.3 Å². The van der Waals surface area contributed by atoms with Crippen LogP contribution in [0.5, 0.6) is 17.2 Å². The number of benzene rings is 3. The lowest BCUT2D eigenvalue weighted by atomic mass is 10.1. The number of halogens is 1. The van der Waals surface area contributed by atoms with E-state index in [0.29, 0.717) is 16.7 Å². The SMILES string of the molecule is CC(=O)c1ccc(OP2(Cl)=NP(Oc3ccc(C(C)=O)cc3)(Oc3ccc(C(C)=O)cc3)=NP(N)(N)=N2)cc1. The Labute approximate surface area is 230 Å². The fourth-order valence-electron chi connectivity index (χ4n) is 3.34. The van der Waals surface area contributed by atoms with Crippen LogP contribution in [0.15, 0.2) is 86.3 Å². The first kappa shape index (κ1) is 29.0. The molecule has 3 aromatic carbocycles. The normalized spacial score (nSPS) is 18.9. The molecule has 0 saturated heterocycles. The molecule has 204 valence electrons. The number of hydrogen-bond donors (Lipinski definition) is 2. The van der Waals surface area contributed by atoms with Gasteiger partial charge in [-0.05, 0) is 105 Å². The van der Waals surface area contributed by atoms with E-state index >= 15 is 0 Å². The molecule has 0 aliphatic carbocycles. The smallest absolute Gasteiger partial charge is 0.431 e. The Balaban J connectivity index is 1.81. The van der Waals surface area contributed by atoms with Gasteiger partial charge < -0.3 is 13.6 Å². The van der Waals surface area contributed by atoms with Gasteiger partial charge in [-0.25, -0.2) is 0 Å². The minimum atomic E-state index is -3.79. The summed E-state index contributed by atoms with van der Waals surface area (Å²) in [5.41, 5.74) is 14.0. The van der Waals surface area contributed by atoms with E-state index in [1.54, 1.807) is 72.8 Å². The van der Waals surface area contributed by atoms with E-state index in [1.807, 2.05) is 0 Å².